The van der Waals surface area contributed by atoms with Crippen molar-refractivity contribution in [3.63, 3.8) is 0 Å². The van der Waals surface area contributed by atoms with Crippen LogP contribution in [0, 0.1) is 0 Å². The first-order chi connectivity index (χ1) is 9.33. The van der Waals surface area contributed by atoms with E-state index in [1.54, 1.807) is 6.07 Å². The maximum absolute atomic E-state index is 11.9. The Balaban J connectivity index is 1.75. The summed E-state index contributed by atoms with van der Waals surface area (Å²) in [5.41, 5.74) is 0.710. The number of benzene rings is 1. The Morgan fingerprint density at radius 2 is 2.32 bits per heavy atom. The van der Waals surface area contributed by atoms with Gasteiger partial charge in [0.25, 0.3) is 5.56 Å². The van der Waals surface area contributed by atoms with E-state index in [9.17, 15) is 4.79 Å². The molecule has 1 fully saturated rings. The quantitative estimate of drug-likeness (QED) is 0.898. The lowest BCUT2D eigenvalue weighted by atomic mass is 10.2. The lowest BCUT2D eigenvalue weighted by Gasteiger charge is -2.22. The molecule has 0 spiro atoms. The van der Waals surface area contributed by atoms with Gasteiger partial charge in [0, 0.05) is 11.8 Å². The molecular formula is C14H17N3OS. The Hall–Kier alpha value is -1.33. The number of rotatable bonds is 3. The van der Waals surface area contributed by atoms with Crippen molar-refractivity contribution < 1.29 is 0 Å². The van der Waals surface area contributed by atoms with Crippen LogP contribution in [0.4, 0.5) is 0 Å². The molecule has 3 rings (SSSR count). The number of para-hydroxylation sites is 1. The molecule has 0 saturated carbocycles. The van der Waals surface area contributed by atoms with Gasteiger partial charge in [0.1, 0.15) is 5.82 Å². The van der Waals surface area contributed by atoms with Crippen molar-refractivity contribution in [2.75, 3.05) is 11.5 Å². The highest BCUT2D eigenvalue weighted by Gasteiger charge is 2.13. The van der Waals surface area contributed by atoms with E-state index < -0.39 is 0 Å². The molecule has 1 saturated heterocycles. The van der Waals surface area contributed by atoms with E-state index in [0.29, 0.717) is 18.0 Å². The predicted octanol–water partition coefficient (Wildman–Crippen LogP) is 1.91. The minimum absolute atomic E-state index is 0.0552. The minimum atomic E-state index is -0.0552. The number of aromatic nitrogens is 2. The molecule has 1 aliphatic heterocycles. The smallest absolute Gasteiger partial charge is 0.258 e. The van der Waals surface area contributed by atoms with Crippen LogP contribution in [0.3, 0.4) is 0 Å². The van der Waals surface area contributed by atoms with Crippen molar-refractivity contribution in [3.8, 4) is 0 Å². The summed E-state index contributed by atoms with van der Waals surface area (Å²) < 4.78 is 0. The summed E-state index contributed by atoms with van der Waals surface area (Å²) >= 11 is 1.99. The van der Waals surface area contributed by atoms with Gasteiger partial charge in [-0.2, -0.15) is 11.8 Å². The topological polar surface area (TPSA) is 57.8 Å². The van der Waals surface area contributed by atoms with Crippen LogP contribution in [0.2, 0.25) is 0 Å². The number of nitrogens with zero attached hydrogens (tertiary/aromatic N) is 1. The van der Waals surface area contributed by atoms with E-state index in [0.717, 1.165) is 17.1 Å². The van der Waals surface area contributed by atoms with Gasteiger partial charge < -0.3 is 10.3 Å². The van der Waals surface area contributed by atoms with Crippen molar-refractivity contribution in [3.05, 3.63) is 40.4 Å². The van der Waals surface area contributed by atoms with Crippen molar-refractivity contribution >= 4 is 22.7 Å². The lowest BCUT2D eigenvalue weighted by molar-refractivity contribution is 0.499. The fraction of sp³-hybridized carbons (Fsp3) is 0.429. The predicted molar refractivity (Wildman–Crippen MR) is 79.6 cm³/mol. The van der Waals surface area contributed by atoms with Crippen LogP contribution < -0.4 is 10.9 Å². The van der Waals surface area contributed by atoms with Crippen LogP contribution in [0.1, 0.15) is 18.7 Å². The highest BCUT2D eigenvalue weighted by atomic mass is 32.2. The molecule has 0 aliphatic carbocycles. The number of hydrogen-bond acceptors (Lipinski definition) is 4. The van der Waals surface area contributed by atoms with Crippen molar-refractivity contribution in [1.82, 2.24) is 15.3 Å². The van der Waals surface area contributed by atoms with Crippen molar-refractivity contribution in [2.24, 2.45) is 0 Å². The number of hydrogen-bond donors (Lipinski definition) is 2. The monoisotopic (exact) mass is 275 g/mol. The Bertz CT molecular complexity index is 619. The minimum Gasteiger partial charge on any atom is -0.309 e. The summed E-state index contributed by atoms with van der Waals surface area (Å²) in [6, 6.07) is 7.98. The van der Waals surface area contributed by atoms with Gasteiger partial charge >= 0.3 is 0 Å². The first-order valence-electron chi connectivity index (χ1n) is 6.62. The fourth-order valence-electron chi connectivity index (χ4n) is 2.36. The standard InChI is InChI=1S/C14H17N3OS/c18-14-11-5-1-2-6-12(11)16-13(17-14)8-15-10-4-3-7-19-9-10/h1-2,5-6,10,15H,3-4,7-9H2,(H,16,17,18)/t10-/m0/s1. The van der Waals surface area contributed by atoms with E-state index in [-0.39, 0.29) is 5.56 Å². The molecule has 0 radical (unpaired) electrons. The molecule has 0 unspecified atom stereocenters. The molecule has 5 heteroatoms. The molecule has 2 N–H and O–H groups in total. The number of aromatic amines is 1. The van der Waals surface area contributed by atoms with Gasteiger partial charge in [-0.1, -0.05) is 12.1 Å². The Morgan fingerprint density at radius 3 is 3.16 bits per heavy atom. The maximum Gasteiger partial charge on any atom is 0.258 e. The molecule has 0 amide bonds. The van der Waals surface area contributed by atoms with Gasteiger partial charge in [0.05, 0.1) is 17.4 Å². The zero-order chi connectivity index (χ0) is 13.1. The highest BCUT2D eigenvalue weighted by molar-refractivity contribution is 7.99. The molecular weight excluding hydrogens is 258 g/mol. The SMILES string of the molecule is O=c1[nH]c(CN[C@H]2CCCSC2)nc2ccccc12. The van der Waals surface area contributed by atoms with Crippen LogP contribution in [-0.2, 0) is 6.54 Å². The van der Waals surface area contributed by atoms with Gasteiger partial charge in [-0.05, 0) is 30.7 Å². The molecule has 2 heterocycles. The summed E-state index contributed by atoms with van der Waals surface area (Å²) in [6.45, 7) is 0.630. The fourth-order valence-corrected chi connectivity index (χ4v) is 3.47. The van der Waals surface area contributed by atoms with Crippen LogP contribution in [0.15, 0.2) is 29.1 Å². The van der Waals surface area contributed by atoms with Crippen LogP contribution in [0.5, 0.6) is 0 Å². The zero-order valence-corrected chi connectivity index (χ0v) is 11.5. The Morgan fingerprint density at radius 1 is 1.42 bits per heavy atom. The third-order valence-corrected chi connectivity index (χ3v) is 4.60. The van der Waals surface area contributed by atoms with Crippen LogP contribution in [-0.4, -0.2) is 27.5 Å². The van der Waals surface area contributed by atoms with Crippen LogP contribution in [0.25, 0.3) is 10.9 Å². The Kier molecular flexibility index (Phi) is 3.84. The third-order valence-electron chi connectivity index (χ3n) is 3.38. The number of thioether (sulfide) groups is 1. The number of fused-ring (bicyclic) bond motifs is 1. The van der Waals surface area contributed by atoms with Gasteiger partial charge in [0.2, 0.25) is 0 Å². The lowest BCUT2D eigenvalue weighted by Crippen LogP contribution is -2.34. The molecule has 1 aromatic heterocycles. The molecule has 2 aromatic rings. The van der Waals surface area contributed by atoms with Crippen molar-refractivity contribution in [2.45, 2.75) is 25.4 Å². The van der Waals surface area contributed by atoms with E-state index >= 15 is 0 Å². The van der Waals surface area contributed by atoms with Gasteiger partial charge in [0.15, 0.2) is 0 Å². The second-order valence-electron chi connectivity index (χ2n) is 4.82. The van der Waals surface area contributed by atoms with Gasteiger partial charge in [-0.15, -0.1) is 0 Å². The van der Waals surface area contributed by atoms with Crippen molar-refractivity contribution in [1.29, 1.82) is 0 Å². The number of nitrogens with one attached hydrogen (secondary N) is 2. The first kappa shape index (κ1) is 12.7. The largest absolute Gasteiger partial charge is 0.309 e. The highest BCUT2D eigenvalue weighted by Crippen LogP contribution is 2.17. The third kappa shape index (κ3) is 2.98. The molecule has 1 atom stereocenters. The average Bonchev–Trinajstić information content (AvgIpc) is 2.46. The van der Waals surface area contributed by atoms with Gasteiger partial charge in [-0.25, -0.2) is 4.98 Å². The summed E-state index contributed by atoms with van der Waals surface area (Å²) in [6.07, 6.45) is 2.48. The zero-order valence-electron chi connectivity index (χ0n) is 10.7. The van der Waals surface area contributed by atoms with E-state index in [1.165, 1.54) is 18.6 Å². The summed E-state index contributed by atoms with van der Waals surface area (Å²) in [7, 11) is 0. The molecule has 4 nitrogen and oxygen atoms in total. The molecule has 1 aromatic carbocycles. The summed E-state index contributed by atoms with van der Waals surface area (Å²) in [5.74, 6) is 3.14. The summed E-state index contributed by atoms with van der Waals surface area (Å²) in [4.78, 5) is 19.3. The Labute approximate surface area is 116 Å². The molecule has 0 bridgehead atoms. The van der Waals surface area contributed by atoms with Gasteiger partial charge in [-0.3, -0.25) is 4.79 Å². The summed E-state index contributed by atoms with van der Waals surface area (Å²) in [5, 5.41) is 4.13. The molecule has 100 valence electrons. The average molecular weight is 275 g/mol. The number of H-pyrrole nitrogens is 1. The second kappa shape index (κ2) is 5.75. The van der Waals surface area contributed by atoms with E-state index in [4.69, 9.17) is 0 Å². The maximum atomic E-state index is 11.9. The van der Waals surface area contributed by atoms with E-state index in [1.807, 2.05) is 30.0 Å². The second-order valence-corrected chi connectivity index (χ2v) is 5.97. The van der Waals surface area contributed by atoms with E-state index in [2.05, 4.69) is 15.3 Å². The first-order valence-corrected chi connectivity index (χ1v) is 7.77. The normalized spacial score (nSPS) is 19.7. The molecule has 19 heavy (non-hydrogen) atoms. The molecule has 1 aliphatic rings. The van der Waals surface area contributed by atoms with Crippen LogP contribution >= 0.6 is 11.8 Å².